The maximum atomic E-state index is 12.6. The van der Waals surface area contributed by atoms with E-state index in [1.807, 2.05) is 0 Å². The summed E-state index contributed by atoms with van der Waals surface area (Å²) in [5, 5.41) is 3.59. The van der Waals surface area contributed by atoms with Crippen molar-refractivity contribution < 1.29 is 13.2 Å². The van der Waals surface area contributed by atoms with Gasteiger partial charge in [-0.25, -0.2) is 0 Å². The van der Waals surface area contributed by atoms with Crippen LogP contribution >= 0.6 is 0 Å². The van der Waals surface area contributed by atoms with Crippen molar-refractivity contribution in [3.63, 3.8) is 0 Å². The van der Waals surface area contributed by atoms with Gasteiger partial charge in [0.2, 0.25) is 0 Å². The van der Waals surface area contributed by atoms with Crippen molar-refractivity contribution in [1.82, 2.24) is 5.32 Å². The Morgan fingerprint density at radius 1 is 0.895 bits per heavy atom. The molecule has 0 radical (unpaired) electrons. The van der Waals surface area contributed by atoms with Crippen LogP contribution in [0.2, 0.25) is 0 Å². The van der Waals surface area contributed by atoms with Gasteiger partial charge in [0.15, 0.2) is 0 Å². The van der Waals surface area contributed by atoms with E-state index in [2.05, 4.69) is 12.2 Å². The van der Waals surface area contributed by atoms with E-state index < -0.39 is 12.1 Å². The fraction of sp³-hybridized carbons (Fsp3) is 1.00. The van der Waals surface area contributed by atoms with Crippen molar-refractivity contribution >= 4 is 0 Å². The number of hydrogen-bond donors (Lipinski definition) is 1. The standard InChI is InChI=1S/C15H26F3N/c1-11(12-5-3-2-4-6-12)19-14-9-7-13(8-10-14)15(16,17)18/h11-14,19H,2-10H2,1H3. The van der Waals surface area contributed by atoms with Crippen LogP contribution < -0.4 is 5.32 Å². The minimum Gasteiger partial charge on any atom is -0.311 e. The summed E-state index contributed by atoms with van der Waals surface area (Å²) in [7, 11) is 0. The summed E-state index contributed by atoms with van der Waals surface area (Å²) in [4.78, 5) is 0. The summed E-state index contributed by atoms with van der Waals surface area (Å²) in [5.41, 5.74) is 0. The molecule has 1 N–H and O–H groups in total. The third-order valence-electron chi connectivity index (χ3n) is 5.05. The van der Waals surface area contributed by atoms with Gasteiger partial charge in [-0.3, -0.25) is 0 Å². The topological polar surface area (TPSA) is 12.0 Å². The highest BCUT2D eigenvalue weighted by Gasteiger charge is 2.41. The Morgan fingerprint density at radius 3 is 2.00 bits per heavy atom. The summed E-state index contributed by atoms with van der Waals surface area (Å²) in [6.07, 6.45) is 4.53. The Kier molecular flexibility index (Phi) is 5.15. The molecule has 1 unspecified atom stereocenters. The van der Waals surface area contributed by atoms with E-state index in [1.165, 1.54) is 32.1 Å². The molecule has 1 nitrogen and oxygen atoms in total. The molecule has 2 saturated carbocycles. The average Bonchev–Trinajstić information content (AvgIpc) is 2.39. The quantitative estimate of drug-likeness (QED) is 0.790. The van der Waals surface area contributed by atoms with Crippen LogP contribution in [0, 0.1) is 11.8 Å². The first-order valence-electron chi connectivity index (χ1n) is 7.79. The van der Waals surface area contributed by atoms with Crippen molar-refractivity contribution in [3.8, 4) is 0 Å². The van der Waals surface area contributed by atoms with E-state index in [0.717, 1.165) is 5.92 Å². The van der Waals surface area contributed by atoms with Crippen molar-refractivity contribution in [2.75, 3.05) is 0 Å². The van der Waals surface area contributed by atoms with Crippen LogP contribution in [0.1, 0.15) is 64.7 Å². The fourth-order valence-corrected chi connectivity index (χ4v) is 3.73. The summed E-state index contributed by atoms with van der Waals surface area (Å²) < 4.78 is 37.8. The molecule has 2 aliphatic carbocycles. The molecule has 0 aromatic rings. The Bertz CT molecular complexity index is 263. The van der Waals surface area contributed by atoms with E-state index in [4.69, 9.17) is 0 Å². The smallest absolute Gasteiger partial charge is 0.311 e. The lowest BCUT2D eigenvalue weighted by Gasteiger charge is -2.35. The molecule has 0 spiro atoms. The van der Waals surface area contributed by atoms with Crippen LogP contribution in [0.5, 0.6) is 0 Å². The Hall–Kier alpha value is -0.250. The van der Waals surface area contributed by atoms with Gasteiger partial charge in [0.05, 0.1) is 5.92 Å². The monoisotopic (exact) mass is 277 g/mol. The number of alkyl halides is 3. The van der Waals surface area contributed by atoms with Gasteiger partial charge in [-0.05, 0) is 51.4 Å². The van der Waals surface area contributed by atoms with Crippen molar-refractivity contribution in [2.24, 2.45) is 11.8 Å². The summed E-state index contributed by atoms with van der Waals surface area (Å²) in [5.74, 6) is -0.329. The highest BCUT2D eigenvalue weighted by Crippen LogP contribution is 2.38. The lowest BCUT2D eigenvalue weighted by Crippen LogP contribution is -2.44. The molecular weight excluding hydrogens is 251 g/mol. The lowest BCUT2D eigenvalue weighted by atomic mass is 9.82. The molecule has 19 heavy (non-hydrogen) atoms. The molecule has 0 amide bonds. The molecule has 4 heteroatoms. The number of rotatable bonds is 3. The Morgan fingerprint density at radius 2 is 1.47 bits per heavy atom. The Balaban J connectivity index is 1.73. The van der Waals surface area contributed by atoms with Crippen LogP contribution in [0.3, 0.4) is 0 Å². The van der Waals surface area contributed by atoms with E-state index in [0.29, 0.717) is 37.8 Å². The van der Waals surface area contributed by atoms with Gasteiger partial charge in [-0.2, -0.15) is 13.2 Å². The SMILES string of the molecule is CC(NC1CCC(C(F)(F)F)CC1)C1CCCCC1. The first-order chi connectivity index (χ1) is 8.97. The number of halogens is 3. The van der Waals surface area contributed by atoms with Crippen LogP contribution in [0.15, 0.2) is 0 Å². The highest BCUT2D eigenvalue weighted by molar-refractivity contribution is 4.84. The maximum absolute atomic E-state index is 12.6. The minimum absolute atomic E-state index is 0.301. The molecule has 0 aromatic heterocycles. The van der Waals surface area contributed by atoms with Gasteiger partial charge in [-0.1, -0.05) is 19.3 Å². The molecule has 112 valence electrons. The normalized spacial score (nSPS) is 32.2. The van der Waals surface area contributed by atoms with Crippen molar-refractivity contribution in [3.05, 3.63) is 0 Å². The zero-order valence-corrected chi connectivity index (χ0v) is 11.8. The van der Waals surface area contributed by atoms with Crippen LogP contribution in [0.4, 0.5) is 13.2 Å². The summed E-state index contributed by atoms with van der Waals surface area (Å²) in [6.45, 7) is 2.21. The van der Waals surface area contributed by atoms with Crippen molar-refractivity contribution in [1.29, 1.82) is 0 Å². The van der Waals surface area contributed by atoms with Crippen LogP contribution in [-0.2, 0) is 0 Å². The Labute approximate surface area is 114 Å². The summed E-state index contributed by atoms with van der Waals surface area (Å²) in [6, 6.07) is 0.767. The second-order valence-electron chi connectivity index (χ2n) is 6.44. The van der Waals surface area contributed by atoms with Gasteiger partial charge < -0.3 is 5.32 Å². The first kappa shape index (κ1) is 15.1. The van der Waals surface area contributed by atoms with E-state index in [9.17, 15) is 13.2 Å². The third kappa shape index (κ3) is 4.37. The molecular formula is C15H26F3N. The zero-order chi connectivity index (χ0) is 13.9. The average molecular weight is 277 g/mol. The second kappa shape index (κ2) is 6.47. The summed E-state index contributed by atoms with van der Waals surface area (Å²) >= 11 is 0. The van der Waals surface area contributed by atoms with Gasteiger partial charge in [0.25, 0.3) is 0 Å². The fourth-order valence-electron chi connectivity index (χ4n) is 3.73. The van der Waals surface area contributed by atoms with Gasteiger partial charge >= 0.3 is 6.18 Å². The maximum Gasteiger partial charge on any atom is 0.391 e. The molecule has 0 aliphatic heterocycles. The molecule has 2 rings (SSSR count). The zero-order valence-electron chi connectivity index (χ0n) is 11.8. The third-order valence-corrected chi connectivity index (χ3v) is 5.05. The van der Waals surface area contributed by atoms with Gasteiger partial charge in [0.1, 0.15) is 0 Å². The molecule has 0 heterocycles. The molecule has 2 aliphatic rings. The lowest BCUT2D eigenvalue weighted by molar-refractivity contribution is -0.182. The van der Waals surface area contributed by atoms with E-state index in [-0.39, 0.29) is 0 Å². The van der Waals surface area contributed by atoms with Crippen LogP contribution in [-0.4, -0.2) is 18.3 Å². The van der Waals surface area contributed by atoms with Gasteiger partial charge in [0, 0.05) is 12.1 Å². The molecule has 0 bridgehead atoms. The van der Waals surface area contributed by atoms with E-state index in [1.54, 1.807) is 0 Å². The van der Waals surface area contributed by atoms with Crippen molar-refractivity contribution in [2.45, 2.75) is 83.0 Å². The second-order valence-corrected chi connectivity index (χ2v) is 6.44. The van der Waals surface area contributed by atoms with Gasteiger partial charge in [-0.15, -0.1) is 0 Å². The molecule has 0 saturated heterocycles. The predicted octanol–water partition coefficient (Wildman–Crippen LogP) is 4.67. The van der Waals surface area contributed by atoms with E-state index >= 15 is 0 Å². The molecule has 2 fully saturated rings. The number of nitrogens with one attached hydrogen (secondary N) is 1. The molecule has 1 atom stereocenters. The van der Waals surface area contributed by atoms with Crippen LogP contribution in [0.25, 0.3) is 0 Å². The highest BCUT2D eigenvalue weighted by atomic mass is 19.4. The first-order valence-corrected chi connectivity index (χ1v) is 7.79. The minimum atomic E-state index is -3.99. The number of hydrogen-bond acceptors (Lipinski definition) is 1. The predicted molar refractivity (Wildman–Crippen MR) is 71.0 cm³/mol. The largest absolute Gasteiger partial charge is 0.391 e. The molecule has 0 aromatic carbocycles.